The molecule has 2 aliphatic rings. The van der Waals surface area contributed by atoms with Crippen LogP contribution in [0, 0.1) is 11.8 Å². The van der Waals surface area contributed by atoms with Crippen LogP contribution in [0.5, 0.6) is 0 Å². The predicted octanol–water partition coefficient (Wildman–Crippen LogP) is 2.12. The van der Waals surface area contributed by atoms with Gasteiger partial charge in [0.15, 0.2) is 0 Å². The quantitative estimate of drug-likeness (QED) is 0.704. The van der Waals surface area contributed by atoms with Crippen molar-refractivity contribution in [1.29, 1.82) is 0 Å². The average molecular weight is 254 g/mol. The molecule has 1 saturated heterocycles. The van der Waals surface area contributed by atoms with Gasteiger partial charge in [0.25, 0.3) is 0 Å². The highest BCUT2D eigenvalue weighted by Crippen LogP contribution is 2.28. The van der Waals surface area contributed by atoms with Crippen molar-refractivity contribution in [3.63, 3.8) is 0 Å². The molecule has 0 aromatic heterocycles. The molecule has 0 aromatic rings. The van der Waals surface area contributed by atoms with Crippen LogP contribution in [0.1, 0.15) is 40.0 Å². The molecule has 3 heteroatoms. The molecule has 2 rings (SSSR count). The van der Waals surface area contributed by atoms with Gasteiger partial charge in [-0.05, 0) is 38.0 Å². The van der Waals surface area contributed by atoms with Gasteiger partial charge in [-0.15, -0.1) is 0 Å². The van der Waals surface area contributed by atoms with E-state index in [1.165, 1.54) is 32.4 Å². The average Bonchev–Trinajstić information content (AvgIpc) is 3.12. The fourth-order valence-corrected chi connectivity index (χ4v) is 2.82. The lowest BCUT2D eigenvalue weighted by Gasteiger charge is -2.41. The standard InChI is InChI=1S/C15H30N2O/c1-12(2)15-9-16-13(3)10-17(15)7-4-8-18-11-14-5-6-14/h12-16H,4-11H2,1-3H3. The number of piperazine rings is 1. The zero-order valence-corrected chi connectivity index (χ0v) is 12.3. The zero-order valence-electron chi connectivity index (χ0n) is 12.3. The van der Waals surface area contributed by atoms with Crippen LogP contribution in [0.4, 0.5) is 0 Å². The van der Waals surface area contributed by atoms with Crippen LogP contribution < -0.4 is 5.32 Å². The second-order valence-corrected chi connectivity index (χ2v) is 6.49. The first kappa shape index (κ1) is 14.3. The van der Waals surface area contributed by atoms with Gasteiger partial charge < -0.3 is 10.1 Å². The molecular weight excluding hydrogens is 224 g/mol. The third-order valence-electron chi connectivity index (χ3n) is 4.21. The Morgan fingerprint density at radius 2 is 2.11 bits per heavy atom. The van der Waals surface area contributed by atoms with Crippen LogP contribution in [0.25, 0.3) is 0 Å². The summed E-state index contributed by atoms with van der Waals surface area (Å²) in [5.74, 6) is 1.63. The summed E-state index contributed by atoms with van der Waals surface area (Å²) in [5.41, 5.74) is 0. The first-order valence-corrected chi connectivity index (χ1v) is 7.72. The molecule has 1 N–H and O–H groups in total. The molecule has 1 saturated carbocycles. The zero-order chi connectivity index (χ0) is 13.0. The van der Waals surface area contributed by atoms with Gasteiger partial charge in [-0.25, -0.2) is 0 Å². The molecular formula is C15H30N2O. The molecule has 0 bridgehead atoms. The van der Waals surface area contributed by atoms with Crippen LogP contribution in [-0.4, -0.2) is 49.8 Å². The third-order valence-corrected chi connectivity index (χ3v) is 4.21. The van der Waals surface area contributed by atoms with Crippen molar-refractivity contribution >= 4 is 0 Å². The molecule has 0 spiro atoms. The highest BCUT2D eigenvalue weighted by Gasteiger charge is 2.27. The summed E-state index contributed by atoms with van der Waals surface area (Å²) in [6.07, 6.45) is 3.97. The molecule has 1 heterocycles. The van der Waals surface area contributed by atoms with Gasteiger partial charge in [-0.3, -0.25) is 4.90 Å². The lowest BCUT2D eigenvalue weighted by molar-refractivity contribution is 0.0750. The van der Waals surface area contributed by atoms with Crippen molar-refractivity contribution < 1.29 is 4.74 Å². The normalized spacial score (nSPS) is 30.0. The number of hydrogen-bond donors (Lipinski definition) is 1. The van der Waals surface area contributed by atoms with Crippen LogP contribution in [0.3, 0.4) is 0 Å². The second-order valence-electron chi connectivity index (χ2n) is 6.49. The minimum absolute atomic E-state index is 0.632. The lowest BCUT2D eigenvalue weighted by atomic mass is 9.98. The maximum atomic E-state index is 5.73. The minimum Gasteiger partial charge on any atom is -0.381 e. The van der Waals surface area contributed by atoms with Gasteiger partial charge >= 0.3 is 0 Å². The number of nitrogens with zero attached hydrogens (tertiary/aromatic N) is 1. The molecule has 0 aromatic carbocycles. The molecule has 0 radical (unpaired) electrons. The molecule has 0 amide bonds. The van der Waals surface area contributed by atoms with E-state index in [1.54, 1.807) is 0 Å². The first-order valence-electron chi connectivity index (χ1n) is 7.72. The number of ether oxygens (including phenoxy) is 1. The van der Waals surface area contributed by atoms with E-state index in [2.05, 4.69) is 31.0 Å². The smallest absolute Gasteiger partial charge is 0.0494 e. The summed E-state index contributed by atoms with van der Waals surface area (Å²) in [5, 5.41) is 3.60. The molecule has 106 valence electrons. The summed E-state index contributed by atoms with van der Waals surface area (Å²) >= 11 is 0. The molecule has 1 aliphatic heterocycles. The Balaban J connectivity index is 1.63. The number of rotatable bonds is 7. The summed E-state index contributed by atoms with van der Waals surface area (Å²) < 4.78 is 5.73. The van der Waals surface area contributed by atoms with Crippen LogP contribution in [0.15, 0.2) is 0 Å². The number of hydrogen-bond acceptors (Lipinski definition) is 3. The van der Waals surface area contributed by atoms with Crippen molar-refractivity contribution in [1.82, 2.24) is 10.2 Å². The van der Waals surface area contributed by atoms with E-state index in [0.717, 1.165) is 31.6 Å². The van der Waals surface area contributed by atoms with Crippen LogP contribution in [-0.2, 0) is 4.74 Å². The van der Waals surface area contributed by atoms with Crippen molar-refractivity contribution in [3.8, 4) is 0 Å². The molecule has 2 fully saturated rings. The van der Waals surface area contributed by atoms with Gasteiger partial charge in [0.05, 0.1) is 0 Å². The van der Waals surface area contributed by atoms with Crippen molar-refractivity contribution in [3.05, 3.63) is 0 Å². The van der Waals surface area contributed by atoms with Gasteiger partial charge in [0, 0.05) is 44.9 Å². The molecule has 1 aliphatic carbocycles. The van der Waals surface area contributed by atoms with E-state index in [1.807, 2.05) is 0 Å². The Labute approximate surface area is 112 Å². The van der Waals surface area contributed by atoms with Crippen LogP contribution >= 0.6 is 0 Å². The van der Waals surface area contributed by atoms with Gasteiger partial charge in [-0.2, -0.15) is 0 Å². The summed E-state index contributed by atoms with van der Waals surface area (Å²) in [7, 11) is 0. The summed E-state index contributed by atoms with van der Waals surface area (Å²) in [6, 6.07) is 1.33. The molecule has 2 atom stereocenters. The second kappa shape index (κ2) is 6.88. The SMILES string of the molecule is CC1CN(CCCOCC2CC2)C(C(C)C)CN1. The summed E-state index contributed by atoms with van der Waals surface area (Å²) in [4.78, 5) is 2.66. The Bertz CT molecular complexity index is 241. The largest absolute Gasteiger partial charge is 0.381 e. The van der Waals surface area contributed by atoms with E-state index >= 15 is 0 Å². The Hall–Kier alpha value is -0.120. The van der Waals surface area contributed by atoms with E-state index in [0.29, 0.717) is 12.1 Å². The van der Waals surface area contributed by atoms with Gasteiger partial charge in [0.1, 0.15) is 0 Å². The van der Waals surface area contributed by atoms with E-state index in [4.69, 9.17) is 4.74 Å². The fraction of sp³-hybridized carbons (Fsp3) is 1.00. The fourth-order valence-electron chi connectivity index (χ4n) is 2.82. The Morgan fingerprint density at radius 3 is 2.78 bits per heavy atom. The lowest BCUT2D eigenvalue weighted by Crippen LogP contribution is -2.57. The van der Waals surface area contributed by atoms with Crippen molar-refractivity contribution in [2.75, 3.05) is 32.8 Å². The number of nitrogens with one attached hydrogen (secondary N) is 1. The Morgan fingerprint density at radius 1 is 1.33 bits per heavy atom. The van der Waals surface area contributed by atoms with E-state index in [9.17, 15) is 0 Å². The highest BCUT2D eigenvalue weighted by atomic mass is 16.5. The maximum Gasteiger partial charge on any atom is 0.0494 e. The Kier molecular flexibility index (Phi) is 5.46. The molecule has 2 unspecified atom stereocenters. The summed E-state index contributed by atoms with van der Waals surface area (Å²) in [6.45, 7) is 12.4. The van der Waals surface area contributed by atoms with Gasteiger partial charge in [0.2, 0.25) is 0 Å². The van der Waals surface area contributed by atoms with E-state index in [-0.39, 0.29) is 0 Å². The predicted molar refractivity (Wildman–Crippen MR) is 75.8 cm³/mol. The van der Waals surface area contributed by atoms with Gasteiger partial charge in [-0.1, -0.05) is 13.8 Å². The molecule has 18 heavy (non-hydrogen) atoms. The van der Waals surface area contributed by atoms with E-state index < -0.39 is 0 Å². The van der Waals surface area contributed by atoms with Crippen molar-refractivity contribution in [2.45, 2.75) is 52.1 Å². The topological polar surface area (TPSA) is 24.5 Å². The highest BCUT2D eigenvalue weighted by molar-refractivity contribution is 4.85. The monoisotopic (exact) mass is 254 g/mol. The maximum absolute atomic E-state index is 5.73. The third kappa shape index (κ3) is 4.52. The van der Waals surface area contributed by atoms with Crippen molar-refractivity contribution in [2.24, 2.45) is 11.8 Å². The minimum atomic E-state index is 0.632. The van der Waals surface area contributed by atoms with Crippen LogP contribution in [0.2, 0.25) is 0 Å². The molecule has 3 nitrogen and oxygen atoms in total. The first-order chi connectivity index (χ1) is 8.66.